The van der Waals surface area contributed by atoms with Crippen molar-refractivity contribution < 1.29 is 8.42 Å². The fraction of sp³-hybridized carbons (Fsp3) is 0.500. The van der Waals surface area contributed by atoms with Crippen LogP contribution in [0.15, 0.2) is 11.1 Å². The molecule has 0 amide bonds. The van der Waals surface area contributed by atoms with Crippen LogP contribution in [-0.2, 0) is 23.4 Å². The number of anilines is 2. The lowest BCUT2D eigenvalue weighted by Crippen LogP contribution is -2.11. The second kappa shape index (κ2) is 4.99. The number of nitrogen functional groups attached to an aromatic ring is 1. The SMILES string of the molecule is Cc1nn(C)cc1CNc1snc(N)c1S(=O)(=O)C1CC1. The first-order valence-electron chi connectivity index (χ1n) is 6.61. The van der Waals surface area contributed by atoms with Crippen LogP contribution in [-0.4, -0.2) is 27.8 Å². The summed E-state index contributed by atoms with van der Waals surface area (Å²) in [4.78, 5) is 0.163. The van der Waals surface area contributed by atoms with Crippen molar-refractivity contribution in [2.75, 3.05) is 11.1 Å². The van der Waals surface area contributed by atoms with Crippen LogP contribution >= 0.6 is 11.5 Å². The fourth-order valence-corrected chi connectivity index (χ4v) is 5.11. The molecule has 7 nitrogen and oxygen atoms in total. The minimum absolute atomic E-state index is 0.0947. The Balaban J connectivity index is 1.85. The first kappa shape index (κ1) is 14.3. The molecule has 0 spiro atoms. The first-order valence-corrected chi connectivity index (χ1v) is 8.93. The van der Waals surface area contributed by atoms with E-state index in [0.717, 1.165) is 22.8 Å². The van der Waals surface area contributed by atoms with Gasteiger partial charge >= 0.3 is 0 Å². The van der Waals surface area contributed by atoms with Crippen molar-refractivity contribution in [2.24, 2.45) is 7.05 Å². The van der Waals surface area contributed by atoms with Crippen LogP contribution in [0.25, 0.3) is 0 Å². The third kappa shape index (κ3) is 2.62. The maximum Gasteiger partial charge on any atom is 0.187 e. The third-order valence-electron chi connectivity index (χ3n) is 3.48. The Morgan fingerprint density at radius 3 is 2.81 bits per heavy atom. The molecule has 0 atom stereocenters. The van der Waals surface area contributed by atoms with Crippen molar-refractivity contribution in [2.45, 2.75) is 36.5 Å². The van der Waals surface area contributed by atoms with E-state index in [9.17, 15) is 8.42 Å². The van der Waals surface area contributed by atoms with Crippen molar-refractivity contribution in [1.82, 2.24) is 14.2 Å². The van der Waals surface area contributed by atoms with Gasteiger partial charge in [0.15, 0.2) is 15.7 Å². The summed E-state index contributed by atoms with van der Waals surface area (Å²) >= 11 is 1.09. The molecule has 0 radical (unpaired) electrons. The molecule has 114 valence electrons. The number of aromatic nitrogens is 3. The minimum Gasteiger partial charge on any atom is -0.382 e. The zero-order chi connectivity index (χ0) is 15.2. The Morgan fingerprint density at radius 2 is 2.24 bits per heavy atom. The summed E-state index contributed by atoms with van der Waals surface area (Å²) in [6, 6.07) is 0. The number of hydrogen-bond donors (Lipinski definition) is 2. The van der Waals surface area contributed by atoms with Crippen molar-refractivity contribution in [1.29, 1.82) is 0 Å². The highest BCUT2D eigenvalue weighted by atomic mass is 32.2. The smallest absolute Gasteiger partial charge is 0.187 e. The number of aryl methyl sites for hydroxylation is 2. The predicted molar refractivity (Wildman–Crippen MR) is 82.0 cm³/mol. The van der Waals surface area contributed by atoms with Crippen LogP contribution in [0.1, 0.15) is 24.1 Å². The monoisotopic (exact) mass is 327 g/mol. The highest BCUT2D eigenvalue weighted by Crippen LogP contribution is 2.41. The van der Waals surface area contributed by atoms with Gasteiger partial charge in [0.2, 0.25) is 0 Å². The van der Waals surface area contributed by atoms with Gasteiger partial charge in [0.1, 0.15) is 9.90 Å². The largest absolute Gasteiger partial charge is 0.382 e. The Morgan fingerprint density at radius 1 is 1.52 bits per heavy atom. The minimum atomic E-state index is -3.35. The molecule has 21 heavy (non-hydrogen) atoms. The third-order valence-corrected chi connectivity index (χ3v) is 6.76. The van der Waals surface area contributed by atoms with Crippen molar-refractivity contribution >= 4 is 32.2 Å². The lowest BCUT2D eigenvalue weighted by Gasteiger charge is -2.07. The molecule has 1 fully saturated rings. The predicted octanol–water partition coefficient (Wildman–Crippen LogP) is 1.32. The zero-order valence-electron chi connectivity index (χ0n) is 11.8. The van der Waals surface area contributed by atoms with Gasteiger partial charge in [0.25, 0.3) is 0 Å². The number of rotatable bonds is 5. The maximum absolute atomic E-state index is 12.4. The van der Waals surface area contributed by atoms with Gasteiger partial charge in [-0.05, 0) is 31.3 Å². The lowest BCUT2D eigenvalue weighted by molar-refractivity contribution is 0.595. The lowest BCUT2D eigenvalue weighted by atomic mass is 10.3. The molecule has 2 heterocycles. The molecule has 0 unspecified atom stereocenters. The summed E-state index contributed by atoms with van der Waals surface area (Å²) in [5.41, 5.74) is 7.68. The molecular weight excluding hydrogens is 310 g/mol. The van der Waals surface area contributed by atoms with Crippen LogP contribution in [0.3, 0.4) is 0 Å². The molecule has 1 saturated carbocycles. The quantitative estimate of drug-likeness (QED) is 0.858. The molecule has 9 heteroatoms. The molecule has 1 aliphatic carbocycles. The van der Waals surface area contributed by atoms with Crippen LogP contribution in [0.5, 0.6) is 0 Å². The summed E-state index contributed by atoms with van der Waals surface area (Å²) < 4.78 is 30.5. The van der Waals surface area contributed by atoms with Gasteiger partial charge in [0, 0.05) is 25.4 Å². The van der Waals surface area contributed by atoms with E-state index in [-0.39, 0.29) is 16.0 Å². The molecule has 1 aliphatic rings. The molecule has 0 aliphatic heterocycles. The Kier molecular flexibility index (Phi) is 3.40. The molecule has 0 aromatic carbocycles. The van der Waals surface area contributed by atoms with Crippen molar-refractivity contribution in [3.63, 3.8) is 0 Å². The summed E-state index contributed by atoms with van der Waals surface area (Å²) in [7, 11) is -1.50. The van der Waals surface area contributed by atoms with Gasteiger partial charge in [-0.25, -0.2) is 8.42 Å². The van der Waals surface area contributed by atoms with E-state index in [4.69, 9.17) is 5.73 Å². The number of nitrogens with two attached hydrogens (primary N) is 1. The standard InChI is InChI=1S/C12H17N5O2S2/c1-7-8(6-17(2)15-7)5-14-12-10(11(13)16-20-12)21(18,19)9-3-4-9/h6,9,14H,3-5H2,1-2H3,(H2,13,16). The Hall–Kier alpha value is -1.61. The Labute approximate surface area is 127 Å². The Bertz CT molecular complexity index is 774. The van der Waals surface area contributed by atoms with Gasteiger partial charge in [-0.3, -0.25) is 4.68 Å². The number of sulfone groups is 1. The average Bonchev–Trinajstić information content (AvgIpc) is 3.12. The summed E-state index contributed by atoms with van der Waals surface area (Å²) in [5.74, 6) is 0.0947. The summed E-state index contributed by atoms with van der Waals surface area (Å²) in [6.07, 6.45) is 3.32. The molecule has 2 aromatic heterocycles. The first-order chi connectivity index (χ1) is 9.89. The van der Waals surface area contributed by atoms with Gasteiger partial charge in [-0.1, -0.05) is 0 Å². The van der Waals surface area contributed by atoms with Crippen LogP contribution < -0.4 is 11.1 Å². The van der Waals surface area contributed by atoms with E-state index < -0.39 is 9.84 Å². The molecular formula is C12H17N5O2S2. The van der Waals surface area contributed by atoms with Gasteiger partial charge in [0.05, 0.1) is 10.9 Å². The number of hydrogen-bond acceptors (Lipinski definition) is 7. The maximum atomic E-state index is 12.4. The zero-order valence-corrected chi connectivity index (χ0v) is 13.5. The molecule has 3 rings (SSSR count). The topological polar surface area (TPSA) is 103 Å². The van der Waals surface area contributed by atoms with Gasteiger partial charge < -0.3 is 11.1 Å². The molecule has 0 bridgehead atoms. The van der Waals surface area contributed by atoms with E-state index in [1.165, 1.54) is 0 Å². The van der Waals surface area contributed by atoms with Gasteiger partial charge in [-0.2, -0.15) is 9.47 Å². The van der Waals surface area contributed by atoms with Crippen molar-refractivity contribution in [3.8, 4) is 0 Å². The van der Waals surface area contributed by atoms with E-state index in [1.54, 1.807) is 4.68 Å². The van der Waals surface area contributed by atoms with Crippen LogP contribution in [0, 0.1) is 6.92 Å². The van der Waals surface area contributed by atoms with E-state index in [0.29, 0.717) is 24.4 Å². The summed E-state index contributed by atoms with van der Waals surface area (Å²) in [6.45, 7) is 2.41. The fourth-order valence-electron chi connectivity index (χ4n) is 2.22. The highest BCUT2D eigenvalue weighted by molar-refractivity contribution is 7.92. The van der Waals surface area contributed by atoms with Gasteiger partial charge in [-0.15, -0.1) is 0 Å². The van der Waals surface area contributed by atoms with E-state index in [1.807, 2.05) is 20.2 Å². The molecule has 2 aromatic rings. The molecule has 0 saturated heterocycles. The summed E-state index contributed by atoms with van der Waals surface area (Å²) in [5, 5.41) is 7.62. The average molecular weight is 327 g/mol. The second-order valence-corrected chi connectivity index (χ2v) is 8.18. The van der Waals surface area contributed by atoms with Crippen LogP contribution in [0.2, 0.25) is 0 Å². The van der Waals surface area contributed by atoms with E-state index >= 15 is 0 Å². The van der Waals surface area contributed by atoms with Crippen molar-refractivity contribution in [3.05, 3.63) is 17.5 Å². The second-order valence-electron chi connectivity index (χ2n) is 5.24. The highest BCUT2D eigenvalue weighted by Gasteiger charge is 2.40. The number of nitrogens with one attached hydrogen (secondary N) is 1. The number of nitrogens with zero attached hydrogens (tertiary/aromatic N) is 3. The molecule has 3 N–H and O–H groups in total. The normalized spacial score (nSPS) is 15.3. The van der Waals surface area contributed by atoms with E-state index in [2.05, 4.69) is 14.8 Å². The van der Waals surface area contributed by atoms with Crippen LogP contribution in [0.4, 0.5) is 10.8 Å².